The van der Waals surface area contributed by atoms with Gasteiger partial charge in [0.25, 0.3) is 5.91 Å². The number of hydrogen-bond acceptors (Lipinski definition) is 6. The molecular weight excluding hydrogens is 334 g/mol. The average Bonchev–Trinajstić information content (AvgIpc) is 3.13. The van der Waals surface area contributed by atoms with Gasteiger partial charge in [0.2, 0.25) is 5.88 Å². The van der Waals surface area contributed by atoms with Crippen LogP contribution in [-0.4, -0.2) is 55.6 Å². The first-order valence-electron chi connectivity index (χ1n) is 8.96. The number of pyridine rings is 1. The minimum absolute atomic E-state index is 0.158. The van der Waals surface area contributed by atoms with Crippen LogP contribution >= 0.6 is 0 Å². The van der Waals surface area contributed by atoms with Crippen LogP contribution in [0.2, 0.25) is 0 Å². The topological polar surface area (TPSA) is 93.4 Å². The molecule has 1 aliphatic heterocycles. The van der Waals surface area contributed by atoms with Crippen LogP contribution in [0, 0.1) is 0 Å². The third kappa shape index (κ3) is 3.55. The van der Waals surface area contributed by atoms with E-state index < -0.39 is 5.60 Å². The fourth-order valence-corrected chi connectivity index (χ4v) is 3.14. The Morgan fingerprint density at radius 2 is 2.27 bits per heavy atom. The van der Waals surface area contributed by atoms with E-state index in [0.717, 1.165) is 0 Å². The molecule has 1 saturated heterocycles. The summed E-state index contributed by atoms with van der Waals surface area (Å²) in [6.45, 7) is 7.01. The quantitative estimate of drug-likeness (QED) is 0.875. The first-order valence-corrected chi connectivity index (χ1v) is 8.96. The van der Waals surface area contributed by atoms with Crippen molar-refractivity contribution in [3.8, 4) is 5.88 Å². The lowest BCUT2D eigenvalue weighted by molar-refractivity contribution is -0.0321. The second-order valence-electron chi connectivity index (χ2n) is 6.83. The smallest absolute Gasteiger partial charge is 0.259 e. The van der Waals surface area contributed by atoms with Gasteiger partial charge < -0.3 is 14.7 Å². The van der Waals surface area contributed by atoms with Gasteiger partial charge in [0.15, 0.2) is 0 Å². The predicted molar refractivity (Wildman–Crippen MR) is 94.8 cm³/mol. The molecule has 0 spiro atoms. The van der Waals surface area contributed by atoms with Crippen LogP contribution in [0.1, 0.15) is 55.7 Å². The number of ether oxygens (including phenoxy) is 1. The van der Waals surface area contributed by atoms with E-state index in [0.29, 0.717) is 43.1 Å². The number of aliphatic hydroxyl groups is 1. The summed E-state index contributed by atoms with van der Waals surface area (Å²) in [4.78, 5) is 18.8. The Kier molecular flexibility index (Phi) is 5.22. The highest BCUT2D eigenvalue weighted by Crippen LogP contribution is 2.31. The number of likely N-dealkylation sites (tertiary alicyclic amines) is 1. The number of piperidine rings is 1. The Balaban J connectivity index is 1.82. The fraction of sp³-hybridized carbons (Fsp3) is 0.556. The van der Waals surface area contributed by atoms with E-state index in [-0.39, 0.29) is 18.5 Å². The van der Waals surface area contributed by atoms with Gasteiger partial charge >= 0.3 is 0 Å². The zero-order valence-electron chi connectivity index (χ0n) is 15.4. The first-order chi connectivity index (χ1) is 12.4. The second-order valence-corrected chi connectivity index (χ2v) is 6.83. The van der Waals surface area contributed by atoms with Crippen LogP contribution in [0.3, 0.4) is 0 Å². The molecule has 2 aromatic rings. The van der Waals surface area contributed by atoms with Gasteiger partial charge in [-0.25, -0.2) is 9.67 Å². The van der Waals surface area contributed by atoms with Gasteiger partial charge in [-0.1, -0.05) is 5.21 Å². The average molecular weight is 359 g/mol. The molecular formula is C18H25N5O3. The molecule has 0 aliphatic carbocycles. The van der Waals surface area contributed by atoms with E-state index >= 15 is 0 Å². The van der Waals surface area contributed by atoms with Crippen molar-refractivity contribution in [1.82, 2.24) is 24.9 Å². The number of carbonyl (C=O) groups is 1. The van der Waals surface area contributed by atoms with Crippen molar-refractivity contribution >= 4 is 5.91 Å². The molecule has 1 aliphatic rings. The number of rotatable bonds is 5. The maximum atomic E-state index is 13.0. The van der Waals surface area contributed by atoms with Crippen molar-refractivity contribution < 1.29 is 14.6 Å². The summed E-state index contributed by atoms with van der Waals surface area (Å²) in [5, 5.41) is 19.3. The Morgan fingerprint density at radius 3 is 2.96 bits per heavy atom. The summed E-state index contributed by atoms with van der Waals surface area (Å²) in [7, 11) is 0. The molecule has 1 fully saturated rings. The molecule has 1 atom stereocenters. The predicted octanol–water partition coefficient (Wildman–Crippen LogP) is 1.78. The Morgan fingerprint density at radius 1 is 1.46 bits per heavy atom. The molecule has 1 N–H and O–H groups in total. The molecule has 8 nitrogen and oxygen atoms in total. The summed E-state index contributed by atoms with van der Waals surface area (Å²) in [5.41, 5.74) is -0.293. The summed E-state index contributed by atoms with van der Waals surface area (Å²) >= 11 is 0. The van der Waals surface area contributed by atoms with Gasteiger partial charge in [0, 0.05) is 18.8 Å². The molecule has 0 aromatic carbocycles. The van der Waals surface area contributed by atoms with Crippen LogP contribution < -0.4 is 4.74 Å². The zero-order chi connectivity index (χ0) is 18.7. The van der Waals surface area contributed by atoms with Crippen LogP contribution in [0.4, 0.5) is 0 Å². The van der Waals surface area contributed by atoms with Crippen molar-refractivity contribution in [3.63, 3.8) is 0 Å². The molecule has 0 bridgehead atoms. The number of nitrogens with zero attached hydrogens (tertiary/aromatic N) is 5. The monoisotopic (exact) mass is 359 g/mol. The summed E-state index contributed by atoms with van der Waals surface area (Å²) in [5.74, 6) is 0.121. The van der Waals surface area contributed by atoms with Gasteiger partial charge in [-0.05, 0) is 45.7 Å². The van der Waals surface area contributed by atoms with Crippen molar-refractivity contribution in [2.45, 2.75) is 45.3 Å². The zero-order valence-corrected chi connectivity index (χ0v) is 15.4. The maximum absolute atomic E-state index is 13.0. The highest BCUT2D eigenvalue weighted by molar-refractivity contribution is 5.96. The molecule has 3 rings (SSSR count). The number of aromatic nitrogens is 4. The lowest BCUT2D eigenvalue weighted by Gasteiger charge is -2.38. The summed E-state index contributed by atoms with van der Waals surface area (Å²) in [6, 6.07) is 3.56. The molecule has 3 heterocycles. The van der Waals surface area contributed by atoms with Crippen molar-refractivity contribution in [2.75, 3.05) is 19.7 Å². The minimum atomic E-state index is -1.20. The standard InChI is InChI=1S/C18H25N5O3/c1-4-26-16-14(7-5-9-19-16)17(24)22-10-6-8-18(25,12-22)15-11-23(13(2)3)21-20-15/h5,7,9,11,13,25H,4,6,8,10,12H2,1-3H3. The normalized spacial score (nSPS) is 20.4. The van der Waals surface area contributed by atoms with Gasteiger partial charge in [-0.2, -0.15) is 0 Å². The molecule has 2 aromatic heterocycles. The number of hydrogen-bond donors (Lipinski definition) is 1. The Labute approximate surface area is 152 Å². The largest absolute Gasteiger partial charge is 0.477 e. The highest BCUT2D eigenvalue weighted by Gasteiger charge is 2.40. The number of β-amino-alcohol motifs (C(OH)–C–C–N with tert-alkyl or cyclic N) is 1. The molecule has 26 heavy (non-hydrogen) atoms. The molecule has 0 radical (unpaired) electrons. The van der Waals surface area contributed by atoms with E-state index in [1.807, 2.05) is 20.8 Å². The van der Waals surface area contributed by atoms with E-state index in [1.165, 1.54) is 0 Å². The van der Waals surface area contributed by atoms with Crippen molar-refractivity contribution in [1.29, 1.82) is 0 Å². The Bertz CT molecular complexity index is 776. The van der Waals surface area contributed by atoms with Gasteiger partial charge in [0.1, 0.15) is 16.9 Å². The Hall–Kier alpha value is -2.48. The summed E-state index contributed by atoms with van der Waals surface area (Å²) < 4.78 is 7.18. The van der Waals surface area contributed by atoms with Crippen LogP contribution in [0.15, 0.2) is 24.5 Å². The minimum Gasteiger partial charge on any atom is -0.477 e. The van der Waals surface area contributed by atoms with Gasteiger partial charge in [0.05, 0.1) is 19.3 Å². The SMILES string of the molecule is CCOc1ncccc1C(=O)N1CCCC(O)(c2cn(C(C)C)nn2)C1. The van der Waals surface area contributed by atoms with Crippen molar-refractivity contribution in [2.24, 2.45) is 0 Å². The van der Waals surface area contributed by atoms with Crippen molar-refractivity contribution in [3.05, 3.63) is 35.8 Å². The molecule has 1 unspecified atom stereocenters. The lowest BCUT2D eigenvalue weighted by Crippen LogP contribution is -2.48. The fourth-order valence-electron chi connectivity index (χ4n) is 3.14. The van der Waals surface area contributed by atoms with Crippen LogP contribution in [-0.2, 0) is 5.60 Å². The third-order valence-corrected chi connectivity index (χ3v) is 4.56. The van der Waals surface area contributed by atoms with E-state index in [9.17, 15) is 9.90 Å². The molecule has 1 amide bonds. The van der Waals surface area contributed by atoms with Gasteiger partial charge in [-0.15, -0.1) is 5.10 Å². The molecule has 8 heteroatoms. The van der Waals surface area contributed by atoms with E-state index in [4.69, 9.17) is 4.74 Å². The number of carbonyl (C=O) groups excluding carboxylic acids is 1. The lowest BCUT2D eigenvalue weighted by atomic mass is 9.89. The van der Waals surface area contributed by atoms with Crippen LogP contribution in [0.25, 0.3) is 0 Å². The third-order valence-electron chi connectivity index (χ3n) is 4.56. The highest BCUT2D eigenvalue weighted by atomic mass is 16.5. The van der Waals surface area contributed by atoms with E-state index in [2.05, 4.69) is 15.3 Å². The van der Waals surface area contributed by atoms with Crippen LogP contribution in [0.5, 0.6) is 5.88 Å². The first kappa shape index (κ1) is 18.3. The molecule has 140 valence electrons. The van der Waals surface area contributed by atoms with Gasteiger partial charge in [-0.3, -0.25) is 4.79 Å². The number of amides is 1. The maximum Gasteiger partial charge on any atom is 0.259 e. The summed E-state index contributed by atoms with van der Waals surface area (Å²) in [6.07, 6.45) is 4.58. The molecule has 0 saturated carbocycles. The second kappa shape index (κ2) is 7.41. The van der Waals surface area contributed by atoms with E-state index in [1.54, 1.807) is 34.1 Å².